The van der Waals surface area contributed by atoms with E-state index in [1.807, 2.05) is 47.1 Å². The van der Waals surface area contributed by atoms with Crippen LogP contribution in [0, 0.1) is 6.92 Å². The third-order valence-corrected chi connectivity index (χ3v) is 4.54. The van der Waals surface area contributed by atoms with E-state index in [1.54, 1.807) is 19.0 Å². The van der Waals surface area contributed by atoms with Crippen LogP contribution in [0.15, 0.2) is 60.8 Å². The van der Waals surface area contributed by atoms with Crippen LogP contribution in [0.25, 0.3) is 16.9 Å². The minimum absolute atomic E-state index is 0.126. The summed E-state index contributed by atoms with van der Waals surface area (Å²) in [6.07, 6.45) is 2.55. The van der Waals surface area contributed by atoms with E-state index >= 15 is 0 Å². The van der Waals surface area contributed by atoms with Crippen molar-refractivity contribution in [2.75, 3.05) is 20.6 Å². The molecule has 0 atom stereocenters. The van der Waals surface area contributed by atoms with Crippen LogP contribution >= 0.6 is 0 Å². The zero-order valence-electron chi connectivity index (χ0n) is 16.1. The van der Waals surface area contributed by atoms with Crippen molar-refractivity contribution in [3.05, 3.63) is 71.9 Å². The molecule has 0 saturated heterocycles. The van der Waals surface area contributed by atoms with Gasteiger partial charge in [0.15, 0.2) is 0 Å². The maximum Gasteiger partial charge on any atom is 0.223 e. The highest BCUT2D eigenvalue weighted by molar-refractivity contribution is 5.75. The number of para-hydroxylation sites is 1. The number of aryl methyl sites for hydroxylation is 1. The Morgan fingerprint density at radius 3 is 2.48 bits per heavy atom. The number of hydrogen-bond donors (Lipinski definition) is 1. The Bertz CT molecular complexity index is 900. The minimum atomic E-state index is 0.126. The minimum Gasteiger partial charge on any atom is -0.349 e. The summed E-state index contributed by atoms with van der Waals surface area (Å²) >= 11 is 0. The first-order valence-corrected chi connectivity index (χ1v) is 9.17. The maximum absolute atomic E-state index is 11.7. The zero-order valence-corrected chi connectivity index (χ0v) is 16.1. The summed E-state index contributed by atoms with van der Waals surface area (Å²) in [4.78, 5) is 13.4. The number of nitrogens with one attached hydrogen (secondary N) is 1. The molecule has 0 aliphatic heterocycles. The Hall–Kier alpha value is -2.92. The molecule has 27 heavy (non-hydrogen) atoms. The molecule has 0 spiro atoms. The van der Waals surface area contributed by atoms with Gasteiger partial charge < -0.3 is 10.2 Å². The molecule has 2 aromatic carbocycles. The molecule has 0 aliphatic carbocycles. The molecule has 1 amide bonds. The number of amides is 1. The summed E-state index contributed by atoms with van der Waals surface area (Å²) in [6, 6.07) is 18.4. The highest BCUT2D eigenvalue weighted by Gasteiger charge is 2.14. The molecular formula is C22H26N4O. The van der Waals surface area contributed by atoms with E-state index in [-0.39, 0.29) is 5.91 Å². The molecule has 1 heterocycles. The predicted molar refractivity (Wildman–Crippen MR) is 109 cm³/mol. The fraction of sp³-hybridized carbons (Fsp3) is 0.273. The van der Waals surface area contributed by atoms with E-state index in [4.69, 9.17) is 5.10 Å². The fourth-order valence-corrected chi connectivity index (χ4v) is 2.96. The molecular weight excluding hydrogens is 336 g/mol. The van der Waals surface area contributed by atoms with Gasteiger partial charge in [0.1, 0.15) is 0 Å². The molecule has 0 fully saturated rings. The van der Waals surface area contributed by atoms with Gasteiger partial charge in [0.2, 0.25) is 5.91 Å². The van der Waals surface area contributed by atoms with Crippen molar-refractivity contribution in [3.8, 4) is 16.9 Å². The number of benzene rings is 2. The lowest BCUT2D eigenvalue weighted by molar-refractivity contribution is -0.128. The van der Waals surface area contributed by atoms with Crippen molar-refractivity contribution in [2.45, 2.75) is 19.9 Å². The van der Waals surface area contributed by atoms with Crippen LogP contribution < -0.4 is 5.32 Å². The van der Waals surface area contributed by atoms with Gasteiger partial charge in [0.05, 0.1) is 11.4 Å². The highest BCUT2D eigenvalue weighted by atomic mass is 16.2. The second-order valence-electron chi connectivity index (χ2n) is 6.81. The quantitative estimate of drug-likeness (QED) is 0.655. The normalized spacial score (nSPS) is 10.8. The molecule has 0 saturated carbocycles. The van der Waals surface area contributed by atoms with Crippen molar-refractivity contribution in [2.24, 2.45) is 0 Å². The van der Waals surface area contributed by atoms with Crippen LogP contribution in [-0.2, 0) is 11.3 Å². The lowest BCUT2D eigenvalue weighted by Crippen LogP contribution is -2.26. The SMILES string of the molecule is Cc1ccccc1-c1nn(-c2ccccc2)cc1CNCCC(=O)N(C)C. The van der Waals surface area contributed by atoms with Crippen molar-refractivity contribution in [1.82, 2.24) is 20.0 Å². The summed E-state index contributed by atoms with van der Waals surface area (Å²) in [5.74, 6) is 0.126. The van der Waals surface area contributed by atoms with Crippen LogP contribution in [0.4, 0.5) is 0 Å². The molecule has 140 valence electrons. The van der Waals surface area contributed by atoms with Gasteiger partial charge in [0.25, 0.3) is 0 Å². The summed E-state index contributed by atoms with van der Waals surface area (Å²) in [5, 5.41) is 8.24. The van der Waals surface area contributed by atoms with Gasteiger partial charge in [-0.15, -0.1) is 0 Å². The Labute approximate surface area is 160 Å². The van der Waals surface area contributed by atoms with E-state index in [9.17, 15) is 4.79 Å². The van der Waals surface area contributed by atoms with E-state index in [1.165, 1.54) is 5.56 Å². The third-order valence-electron chi connectivity index (χ3n) is 4.54. The van der Waals surface area contributed by atoms with Crippen molar-refractivity contribution in [1.29, 1.82) is 0 Å². The van der Waals surface area contributed by atoms with Gasteiger partial charge in [-0.3, -0.25) is 4.79 Å². The molecule has 5 heteroatoms. The van der Waals surface area contributed by atoms with Crippen LogP contribution in [0.1, 0.15) is 17.5 Å². The Morgan fingerprint density at radius 2 is 1.78 bits per heavy atom. The Balaban J connectivity index is 1.84. The maximum atomic E-state index is 11.7. The second kappa shape index (κ2) is 8.64. The van der Waals surface area contributed by atoms with Crippen molar-refractivity contribution >= 4 is 5.91 Å². The van der Waals surface area contributed by atoms with E-state index in [0.29, 0.717) is 19.5 Å². The number of carbonyl (C=O) groups is 1. The van der Waals surface area contributed by atoms with Gasteiger partial charge in [-0.25, -0.2) is 4.68 Å². The van der Waals surface area contributed by atoms with Gasteiger partial charge in [-0.05, 0) is 24.6 Å². The Kier molecular flexibility index (Phi) is 6.04. The van der Waals surface area contributed by atoms with Crippen molar-refractivity contribution in [3.63, 3.8) is 0 Å². The summed E-state index contributed by atoms with van der Waals surface area (Å²) in [5.41, 5.74) is 5.45. The molecule has 0 unspecified atom stereocenters. The first kappa shape index (κ1) is 18.9. The van der Waals surface area contributed by atoms with Crippen LogP contribution in [0.5, 0.6) is 0 Å². The number of aromatic nitrogens is 2. The lowest BCUT2D eigenvalue weighted by Gasteiger charge is -2.10. The second-order valence-corrected chi connectivity index (χ2v) is 6.81. The van der Waals surface area contributed by atoms with E-state index in [0.717, 1.165) is 22.5 Å². The molecule has 1 aromatic heterocycles. The van der Waals surface area contributed by atoms with Crippen molar-refractivity contribution < 1.29 is 4.79 Å². The average Bonchev–Trinajstić information content (AvgIpc) is 3.10. The first-order valence-electron chi connectivity index (χ1n) is 9.17. The molecule has 0 bridgehead atoms. The van der Waals surface area contributed by atoms with Gasteiger partial charge in [-0.2, -0.15) is 5.10 Å². The predicted octanol–water partition coefficient (Wildman–Crippen LogP) is 3.42. The number of carbonyl (C=O) groups excluding carboxylic acids is 1. The smallest absolute Gasteiger partial charge is 0.223 e. The first-order chi connectivity index (χ1) is 13.1. The number of hydrogen-bond acceptors (Lipinski definition) is 3. The number of rotatable bonds is 7. The van der Waals surface area contributed by atoms with Gasteiger partial charge in [0, 0.05) is 50.9 Å². The molecule has 5 nitrogen and oxygen atoms in total. The topological polar surface area (TPSA) is 50.2 Å². The lowest BCUT2D eigenvalue weighted by atomic mass is 10.0. The third kappa shape index (κ3) is 4.63. The molecule has 0 aliphatic rings. The summed E-state index contributed by atoms with van der Waals surface area (Å²) in [7, 11) is 3.56. The van der Waals surface area contributed by atoms with E-state index < -0.39 is 0 Å². The zero-order chi connectivity index (χ0) is 19.2. The number of nitrogens with zero attached hydrogens (tertiary/aromatic N) is 3. The molecule has 3 aromatic rings. The highest BCUT2D eigenvalue weighted by Crippen LogP contribution is 2.26. The van der Waals surface area contributed by atoms with Gasteiger partial charge >= 0.3 is 0 Å². The average molecular weight is 362 g/mol. The summed E-state index contributed by atoms with van der Waals surface area (Å²) in [6.45, 7) is 3.40. The fourth-order valence-electron chi connectivity index (χ4n) is 2.96. The summed E-state index contributed by atoms with van der Waals surface area (Å²) < 4.78 is 1.92. The van der Waals surface area contributed by atoms with Crippen LogP contribution in [0.3, 0.4) is 0 Å². The van der Waals surface area contributed by atoms with Crippen LogP contribution in [0.2, 0.25) is 0 Å². The van der Waals surface area contributed by atoms with Gasteiger partial charge in [-0.1, -0.05) is 42.5 Å². The molecule has 1 N–H and O–H groups in total. The molecule has 0 radical (unpaired) electrons. The largest absolute Gasteiger partial charge is 0.349 e. The van der Waals surface area contributed by atoms with E-state index in [2.05, 4.69) is 30.6 Å². The van der Waals surface area contributed by atoms with Crippen LogP contribution in [-0.4, -0.2) is 41.2 Å². The monoisotopic (exact) mass is 362 g/mol. The molecule has 3 rings (SSSR count). The Morgan fingerprint density at radius 1 is 1.07 bits per heavy atom. The standard InChI is InChI=1S/C22H26N4O/c1-17-9-7-8-12-20(17)22-18(15-23-14-13-21(27)25(2)3)16-26(24-22)19-10-5-4-6-11-19/h4-12,16,23H,13-15H2,1-3H3.